The highest BCUT2D eigenvalue weighted by Gasteiger charge is 2.37. The molecule has 0 bridgehead atoms. The van der Waals surface area contributed by atoms with Crippen LogP contribution in [-0.4, -0.2) is 19.8 Å². The Bertz CT molecular complexity index is 306. The molecule has 1 aromatic carbocycles. The predicted octanol–water partition coefficient (Wildman–Crippen LogP) is 2.80. The van der Waals surface area contributed by atoms with E-state index in [9.17, 15) is 0 Å². The van der Waals surface area contributed by atoms with Crippen molar-refractivity contribution < 1.29 is 9.47 Å². The largest absolute Gasteiger partial charge is 0.493 e. The van der Waals surface area contributed by atoms with E-state index in [2.05, 4.69) is 26.0 Å². The van der Waals surface area contributed by atoms with Crippen molar-refractivity contribution in [1.82, 2.24) is 0 Å². The van der Waals surface area contributed by atoms with E-state index < -0.39 is 0 Å². The molecule has 2 heteroatoms. The van der Waals surface area contributed by atoms with Crippen molar-refractivity contribution in [1.29, 1.82) is 0 Å². The van der Waals surface area contributed by atoms with Gasteiger partial charge in [-0.25, -0.2) is 0 Å². The van der Waals surface area contributed by atoms with Crippen LogP contribution in [0, 0.1) is 12.3 Å². The maximum atomic E-state index is 5.78. The average Bonchev–Trinajstić information content (AvgIpc) is 2.20. The molecule has 0 aromatic heterocycles. The first-order chi connectivity index (χ1) is 7.24. The molecular weight excluding hydrogens is 188 g/mol. The van der Waals surface area contributed by atoms with E-state index in [1.54, 1.807) is 0 Å². The summed E-state index contributed by atoms with van der Waals surface area (Å²) in [7, 11) is 0. The molecular formula is C13H18O2. The summed E-state index contributed by atoms with van der Waals surface area (Å²) in [6.07, 6.45) is 1.12. The van der Waals surface area contributed by atoms with E-state index in [1.807, 2.05) is 12.1 Å². The zero-order valence-electron chi connectivity index (χ0n) is 9.45. The van der Waals surface area contributed by atoms with Crippen LogP contribution in [0.3, 0.4) is 0 Å². The maximum absolute atomic E-state index is 5.78. The second kappa shape index (κ2) is 4.23. The molecule has 0 radical (unpaired) electrons. The van der Waals surface area contributed by atoms with Crippen LogP contribution in [-0.2, 0) is 4.74 Å². The van der Waals surface area contributed by atoms with Crippen LogP contribution in [0.2, 0.25) is 0 Å². The summed E-state index contributed by atoms with van der Waals surface area (Å²) in [5.74, 6) is 0.959. The Labute approximate surface area is 91.2 Å². The van der Waals surface area contributed by atoms with Crippen molar-refractivity contribution in [3.05, 3.63) is 29.8 Å². The van der Waals surface area contributed by atoms with Crippen molar-refractivity contribution in [2.75, 3.05) is 19.8 Å². The standard InChI is InChI=1S/C13H18O2/c1-3-13(8-14-9-13)10-15-12-6-4-11(2)5-7-12/h4-7H,3,8-10H2,1-2H3. The van der Waals surface area contributed by atoms with E-state index in [1.165, 1.54) is 5.56 Å². The van der Waals surface area contributed by atoms with Gasteiger partial charge >= 0.3 is 0 Å². The van der Waals surface area contributed by atoms with Crippen LogP contribution in [0.25, 0.3) is 0 Å². The number of hydrogen-bond acceptors (Lipinski definition) is 2. The fourth-order valence-electron chi connectivity index (χ4n) is 1.65. The Balaban J connectivity index is 1.90. The summed E-state index contributed by atoms with van der Waals surface area (Å²) in [4.78, 5) is 0. The second-order valence-electron chi connectivity index (χ2n) is 4.45. The normalized spacial score (nSPS) is 18.3. The molecule has 0 saturated carbocycles. The van der Waals surface area contributed by atoms with Crippen LogP contribution in [0.1, 0.15) is 18.9 Å². The second-order valence-corrected chi connectivity index (χ2v) is 4.45. The lowest BCUT2D eigenvalue weighted by Gasteiger charge is -2.40. The van der Waals surface area contributed by atoms with Crippen molar-refractivity contribution in [3.8, 4) is 5.75 Å². The quantitative estimate of drug-likeness (QED) is 0.754. The van der Waals surface area contributed by atoms with Gasteiger partial charge in [0.25, 0.3) is 0 Å². The van der Waals surface area contributed by atoms with Gasteiger partial charge in [-0.1, -0.05) is 24.6 Å². The molecule has 2 rings (SSSR count). The zero-order chi connectivity index (χ0) is 10.7. The third-order valence-electron chi connectivity index (χ3n) is 3.13. The molecule has 0 atom stereocenters. The SMILES string of the molecule is CCC1(COc2ccc(C)cc2)COC1. The molecule has 1 aromatic rings. The molecule has 0 unspecified atom stereocenters. The number of hydrogen-bond donors (Lipinski definition) is 0. The van der Waals surface area contributed by atoms with Gasteiger partial charge in [0.2, 0.25) is 0 Å². The van der Waals surface area contributed by atoms with Crippen LogP contribution in [0.15, 0.2) is 24.3 Å². The first-order valence-electron chi connectivity index (χ1n) is 5.51. The van der Waals surface area contributed by atoms with Crippen LogP contribution in [0.5, 0.6) is 5.75 Å². The maximum Gasteiger partial charge on any atom is 0.119 e. The molecule has 0 N–H and O–H groups in total. The molecule has 15 heavy (non-hydrogen) atoms. The molecule has 1 saturated heterocycles. The molecule has 0 aliphatic carbocycles. The van der Waals surface area contributed by atoms with Crippen molar-refractivity contribution in [2.24, 2.45) is 5.41 Å². The van der Waals surface area contributed by atoms with Gasteiger partial charge in [0, 0.05) is 0 Å². The summed E-state index contributed by atoms with van der Waals surface area (Å²) in [6.45, 7) is 6.73. The number of rotatable bonds is 4. The highest BCUT2D eigenvalue weighted by molar-refractivity contribution is 5.26. The van der Waals surface area contributed by atoms with E-state index >= 15 is 0 Å². The van der Waals surface area contributed by atoms with Gasteiger partial charge in [0.05, 0.1) is 25.2 Å². The fourth-order valence-corrected chi connectivity index (χ4v) is 1.65. The lowest BCUT2D eigenvalue weighted by Crippen LogP contribution is -2.46. The predicted molar refractivity (Wildman–Crippen MR) is 60.2 cm³/mol. The Morgan fingerprint density at radius 1 is 1.27 bits per heavy atom. The third-order valence-corrected chi connectivity index (χ3v) is 3.13. The molecule has 0 amide bonds. The van der Waals surface area contributed by atoms with Crippen LogP contribution < -0.4 is 4.74 Å². The summed E-state index contributed by atoms with van der Waals surface area (Å²) in [5.41, 5.74) is 1.53. The van der Waals surface area contributed by atoms with Crippen molar-refractivity contribution >= 4 is 0 Å². The fraction of sp³-hybridized carbons (Fsp3) is 0.538. The topological polar surface area (TPSA) is 18.5 Å². The Morgan fingerprint density at radius 3 is 2.40 bits per heavy atom. The summed E-state index contributed by atoms with van der Waals surface area (Å²) < 4.78 is 11.0. The van der Waals surface area contributed by atoms with E-state index in [-0.39, 0.29) is 5.41 Å². The van der Waals surface area contributed by atoms with E-state index in [4.69, 9.17) is 9.47 Å². The average molecular weight is 206 g/mol. The summed E-state index contributed by atoms with van der Waals surface area (Å²) in [6, 6.07) is 8.20. The molecule has 2 nitrogen and oxygen atoms in total. The molecule has 0 spiro atoms. The molecule has 1 aliphatic rings. The Hall–Kier alpha value is -1.02. The smallest absolute Gasteiger partial charge is 0.119 e. The molecule has 1 fully saturated rings. The van der Waals surface area contributed by atoms with Gasteiger partial charge in [-0.3, -0.25) is 0 Å². The highest BCUT2D eigenvalue weighted by atomic mass is 16.5. The van der Waals surface area contributed by atoms with Crippen molar-refractivity contribution in [3.63, 3.8) is 0 Å². The lowest BCUT2D eigenvalue weighted by atomic mass is 9.84. The van der Waals surface area contributed by atoms with Gasteiger partial charge in [-0.15, -0.1) is 0 Å². The van der Waals surface area contributed by atoms with Gasteiger partial charge in [-0.05, 0) is 25.5 Å². The molecule has 82 valence electrons. The van der Waals surface area contributed by atoms with Gasteiger partial charge in [0.15, 0.2) is 0 Å². The van der Waals surface area contributed by atoms with Crippen LogP contribution >= 0.6 is 0 Å². The number of aryl methyl sites for hydroxylation is 1. The Kier molecular flexibility index (Phi) is 2.96. The van der Waals surface area contributed by atoms with E-state index in [0.717, 1.165) is 32.0 Å². The zero-order valence-corrected chi connectivity index (χ0v) is 9.45. The third kappa shape index (κ3) is 2.32. The van der Waals surface area contributed by atoms with Gasteiger partial charge < -0.3 is 9.47 Å². The first-order valence-corrected chi connectivity index (χ1v) is 5.51. The van der Waals surface area contributed by atoms with Crippen LogP contribution in [0.4, 0.5) is 0 Å². The number of ether oxygens (including phenoxy) is 2. The Morgan fingerprint density at radius 2 is 1.93 bits per heavy atom. The van der Waals surface area contributed by atoms with Gasteiger partial charge in [0.1, 0.15) is 5.75 Å². The molecule has 1 heterocycles. The minimum atomic E-state index is 0.269. The first kappa shape index (κ1) is 10.5. The summed E-state index contributed by atoms with van der Waals surface area (Å²) >= 11 is 0. The monoisotopic (exact) mass is 206 g/mol. The van der Waals surface area contributed by atoms with Crippen molar-refractivity contribution in [2.45, 2.75) is 20.3 Å². The van der Waals surface area contributed by atoms with E-state index in [0.29, 0.717) is 0 Å². The number of benzene rings is 1. The summed E-state index contributed by atoms with van der Waals surface area (Å²) in [5, 5.41) is 0. The highest BCUT2D eigenvalue weighted by Crippen LogP contribution is 2.31. The minimum absolute atomic E-state index is 0.269. The minimum Gasteiger partial charge on any atom is -0.493 e. The molecule has 1 aliphatic heterocycles. The lowest BCUT2D eigenvalue weighted by molar-refractivity contribution is -0.133. The van der Waals surface area contributed by atoms with Gasteiger partial charge in [-0.2, -0.15) is 0 Å².